The molecule has 1 fully saturated rings. The highest BCUT2D eigenvalue weighted by Gasteiger charge is 2.36. The molecule has 0 radical (unpaired) electrons. The molecule has 2 aromatic carbocycles. The summed E-state index contributed by atoms with van der Waals surface area (Å²) in [5.41, 5.74) is 12.3. The van der Waals surface area contributed by atoms with Gasteiger partial charge >= 0.3 is 0 Å². The second-order valence-corrected chi connectivity index (χ2v) is 9.65. The molecular formula is C29H34N4O. The molecule has 5 nitrogen and oxygen atoms in total. The van der Waals surface area contributed by atoms with Crippen molar-refractivity contribution in [2.24, 2.45) is 11.7 Å². The Labute approximate surface area is 203 Å². The van der Waals surface area contributed by atoms with Gasteiger partial charge in [0.1, 0.15) is 5.82 Å². The van der Waals surface area contributed by atoms with Crippen LogP contribution in [0.5, 0.6) is 5.88 Å². The summed E-state index contributed by atoms with van der Waals surface area (Å²) in [6.45, 7) is 7.62. The van der Waals surface area contributed by atoms with Gasteiger partial charge in [-0.2, -0.15) is 10.2 Å². The molecule has 1 aliphatic carbocycles. The molecule has 34 heavy (non-hydrogen) atoms. The molecule has 4 rings (SSSR count). The van der Waals surface area contributed by atoms with Crippen LogP contribution in [0.25, 0.3) is 11.1 Å². The van der Waals surface area contributed by atoms with Gasteiger partial charge in [-0.1, -0.05) is 44.2 Å². The number of nitriles is 1. The predicted molar refractivity (Wildman–Crippen MR) is 136 cm³/mol. The summed E-state index contributed by atoms with van der Waals surface area (Å²) in [7, 11) is 0. The maximum atomic E-state index is 9.57. The second kappa shape index (κ2) is 10.8. The van der Waals surface area contributed by atoms with E-state index in [1.807, 2.05) is 19.1 Å². The molecule has 0 spiro atoms. The van der Waals surface area contributed by atoms with E-state index in [1.165, 1.54) is 22.3 Å². The first kappa shape index (κ1) is 23.9. The Bertz CT molecular complexity index is 1160. The minimum atomic E-state index is 0.290. The molecule has 0 saturated heterocycles. The van der Waals surface area contributed by atoms with Crippen LogP contribution < -0.4 is 10.5 Å². The average Bonchev–Trinajstić information content (AvgIpc) is 2.78. The predicted octanol–water partition coefficient (Wildman–Crippen LogP) is 5.91. The summed E-state index contributed by atoms with van der Waals surface area (Å²) in [6.07, 6.45) is 4.02. The van der Waals surface area contributed by atoms with Gasteiger partial charge in [-0.25, -0.2) is 4.98 Å². The van der Waals surface area contributed by atoms with E-state index in [4.69, 9.17) is 15.5 Å². The van der Waals surface area contributed by atoms with E-state index in [0.29, 0.717) is 42.3 Å². The minimum Gasteiger partial charge on any atom is -0.478 e. The molecule has 1 aliphatic rings. The van der Waals surface area contributed by atoms with Gasteiger partial charge in [-0.05, 0) is 85.4 Å². The van der Waals surface area contributed by atoms with Crippen molar-refractivity contribution in [2.45, 2.75) is 58.3 Å². The molecule has 1 saturated carbocycles. The lowest BCUT2D eigenvalue weighted by atomic mass is 9.66. The quantitative estimate of drug-likeness (QED) is 0.434. The summed E-state index contributed by atoms with van der Waals surface area (Å²) in [6, 6.07) is 19.0. The van der Waals surface area contributed by atoms with Crippen molar-refractivity contribution in [3.05, 3.63) is 76.7 Å². The Morgan fingerprint density at radius 1 is 1.06 bits per heavy atom. The van der Waals surface area contributed by atoms with Crippen molar-refractivity contribution >= 4 is 0 Å². The van der Waals surface area contributed by atoms with Crippen molar-refractivity contribution < 1.29 is 4.74 Å². The van der Waals surface area contributed by atoms with Crippen LogP contribution >= 0.6 is 0 Å². The highest BCUT2D eigenvalue weighted by Crippen LogP contribution is 2.51. The van der Waals surface area contributed by atoms with E-state index in [2.05, 4.69) is 61.3 Å². The molecule has 5 heteroatoms. The molecule has 0 bridgehead atoms. The van der Waals surface area contributed by atoms with Crippen molar-refractivity contribution in [1.29, 1.82) is 5.26 Å². The van der Waals surface area contributed by atoms with E-state index in [0.717, 1.165) is 37.2 Å². The van der Waals surface area contributed by atoms with Gasteiger partial charge < -0.3 is 10.5 Å². The summed E-state index contributed by atoms with van der Waals surface area (Å²) in [4.78, 5) is 9.28. The summed E-state index contributed by atoms with van der Waals surface area (Å²) in [5.74, 6) is 2.59. The van der Waals surface area contributed by atoms with Gasteiger partial charge in [0, 0.05) is 12.0 Å². The van der Waals surface area contributed by atoms with Crippen LogP contribution in [0, 0.1) is 24.2 Å². The number of rotatable bonds is 9. The normalized spacial score (nSPS) is 17.3. The SMILES string of the molecule is Cc1nc(OCCC(C)C)cc(C2CCC2c2cc(C#N)ccc2-c2ccc(CCN)cc2)n1. The largest absolute Gasteiger partial charge is 0.478 e. The van der Waals surface area contributed by atoms with Gasteiger partial charge in [0.25, 0.3) is 0 Å². The molecule has 1 heterocycles. The highest BCUT2D eigenvalue weighted by molar-refractivity contribution is 5.70. The van der Waals surface area contributed by atoms with E-state index in [9.17, 15) is 5.26 Å². The van der Waals surface area contributed by atoms with Crippen LogP contribution in [0.4, 0.5) is 0 Å². The number of hydrogen-bond donors (Lipinski definition) is 1. The maximum absolute atomic E-state index is 9.57. The number of hydrogen-bond acceptors (Lipinski definition) is 5. The van der Waals surface area contributed by atoms with Crippen molar-refractivity contribution in [2.75, 3.05) is 13.2 Å². The fourth-order valence-electron chi connectivity index (χ4n) is 4.67. The number of aromatic nitrogens is 2. The molecule has 1 aromatic heterocycles. The third-order valence-corrected chi connectivity index (χ3v) is 6.71. The van der Waals surface area contributed by atoms with Crippen molar-refractivity contribution in [1.82, 2.24) is 9.97 Å². The first-order chi connectivity index (χ1) is 16.5. The Balaban J connectivity index is 1.63. The lowest BCUT2D eigenvalue weighted by Crippen LogP contribution is -2.24. The van der Waals surface area contributed by atoms with Gasteiger partial charge in [0.2, 0.25) is 5.88 Å². The van der Waals surface area contributed by atoms with Gasteiger partial charge in [-0.15, -0.1) is 0 Å². The fourth-order valence-corrected chi connectivity index (χ4v) is 4.67. The highest BCUT2D eigenvalue weighted by atomic mass is 16.5. The molecule has 176 valence electrons. The van der Waals surface area contributed by atoms with Crippen molar-refractivity contribution in [3.8, 4) is 23.1 Å². The molecule has 2 atom stereocenters. The van der Waals surface area contributed by atoms with Gasteiger partial charge in [-0.3, -0.25) is 0 Å². The monoisotopic (exact) mass is 454 g/mol. The zero-order chi connectivity index (χ0) is 24.1. The first-order valence-corrected chi connectivity index (χ1v) is 12.3. The average molecular weight is 455 g/mol. The lowest BCUT2D eigenvalue weighted by Gasteiger charge is -2.38. The van der Waals surface area contributed by atoms with Crippen LogP contribution in [0.3, 0.4) is 0 Å². The number of benzene rings is 2. The summed E-state index contributed by atoms with van der Waals surface area (Å²) in [5, 5.41) is 9.57. The Morgan fingerprint density at radius 2 is 1.82 bits per heavy atom. The Hall–Kier alpha value is -3.23. The van der Waals surface area contributed by atoms with Crippen molar-refractivity contribution in [3.63, 3.8) is 0 Å². The molecule has 0 amide bonds. The van der Waals surface area contributed by atoms with Gasteiger partial charge in [0.15, 0.2) is 0 Å². The molecule has 2 N–H and O–H groups in total. The van der Waals surface area contributed by atoms with E-state index >= 15 is 0 Å². The zero-order valence-electron chi connectivity index (χ0n) is 20.4. The molecule has 0 aliphatic heterocycles. The van der Waals surface area contributed by atoms with E-state index in [-0.39, 0.29) is 0 Å². The van der Waals surface area contributed by atoms with E-state index < -0.39 is 0 Å². The summed E-state index contributed by atoms with van der Waals surface area (Å²) >= 11 is 0. The molecular weight excluding hydrogens is 420 g/mol. The number of aryl methyl sites for hydroxylation is 1. The minimum absolute atomic E-state index is 0.290. The zero-order valence-corrected chi connectivity index (χ0v) is 20.4. The fraction of sp³-hybridized carbons (Fsp3) is 0.414. The Kier molecular flexibility index (Phi) is 7.59. The smallest absolute Gasteiger partial charge is 0.216 e. The third kappa shape index (κ3) is 5.46. The second-order valence-electron chi connectivity index (χ2n) is 9.65. The number of nitrogens with two attached hydrogens (primary N) is 1. The number of nitrogens with zero attached hydrogens (tertiary/aromatic N) is 3. The lowest BCUT2D eigenvalue weighted by molar-refractivity contribution is 0.275. The molecule has 2 unspecified atom stereocenters. The van der Waals surface area contributed by atoms with Crippen LogP contribution in [0.2, 0.25) is 0 Å². The van der Waals surface area contributed by atoms with Crippen LogP contribution in [-0.2, 0) is 6.42 Å². The summed E-state index contributed by atoms with van der Waals surface area (Å²) < 4.78 is 5.96. The maximum Gasteiger partial charge on any atom is 0.216 e. The topological polar surface area (TPSA) is 84.8 Å². The van der Waals surface area contributed by atoms with Gasteiger partial charge in [0.05, 0.1) is 23.9 Å². The first-order valence-electron chi connectivity index (χ1n) is 12.3. The van der Waals surface area contributed by atoms with E-state index in [1.54, 1.807) is 0 Å². The number of ether oxygens (including phenoxy) is 1. The van der Waals surface area contributed by atoms with Crippen LogP contribution in [-0.4, -0.2) is 23.1 Å². The Morgan fingerprint density at radius 3 is 2.47 bits per heavy atom. The van der Waals surface area contributed by atoms with Crippen LogP contribution in [0.1, 0.15) is 73.2 Å². The third-order valence-electron chi connectivity index (χ3n) is 6.71. The molecule has 3 aromatic rings. The standard InChI is InChI=1S/C29H34N4O/c1-19(2)13-15-34-29-17-28(32-20(3)33-29)26-11-10-25(26)27-16-22(18-31)6-9-24(27)23-7-4-21(5-8-23)12-14-30/h4-9,16-17,19,25-26H,10-15,30H2,1-3H3. The van der Waals surface area contributed by atoms with Crippen LogP contribution in [0.15, 0.2) is 48.5 Å².